The molecule has 1 N–H and O–H groups in total. The Morgan fingerprint density at radius 1 is 0.926 bits per heavy atom. The number of hydrogen-bond acceptors (Lipinski definition) is 2. The molecule has 0 aromatic heterocycles. The molecule has 2 aromatic rings. The zero-order valence-corrected chi connectivity index (χ0v) is 15.9. The van der Waals surface area contributed by atoms with Crippen LogP contribution in [0.25, 0.3) is 0 Å². The summed E-state index contributed by atoms with van der Waals surface area (Å²) in [7, 11) is 0. The van der Waals surface area contributed by atoms with Crippen molar-refractivity contribution < 1.29 is 14.0 Å². The standard InChI is InChI=1S/C19H18Cl2FN3O2/c20-14-4-7-17(16(21)12-14)23-19(27)25-9-1-8-24(10-11-25)18(26)13-2-5-15(22)6-3-13/h2-7,12H,1,8-11H2,(H,23,27). The monoisotopic (exact) mass is 409 g/mol. The van der Waals surface area contributed by atoms with Crippen LogP contribution in [0.1, 0.15) is 16.8 Å². The maximum absolute atomic E-state index is 13.0. The Balaban J connectivity index is 1.61. The molecule has 0 atom stereocenters. The number of carbonyl (C=O) groups excluding carboxylic acids is 2. The molecule has 5 nitrogen and oxygen atoms in total. The van der Waals surface area contributed by atoms with Crippen LogP contribution in [0, 0.1) is 5.82 Å². The Morgan fingerprint density at radius 3 is 2.30 bits per heavy atom. The second kappa shape index (κ2) is 8.59. The summed E-state index contributed by atoms with van der Waals surface area (Å²) in [4.78, 5) is 28.4. The molecule has 0 radical (unpaired) electrons. The van der Waals surface area contributed by atoms with E-state index in [1.807, 2.05) is 0 Å². The number of carbonyl (C=O) groups is 2. The molecule has 1 heterocycles. The molecular formula is C19H18Cl2FN3O2. The molecule has 0 bridgehead atoms. The van der Waals surface area contributed by atoms with Crippen LogP contribution in [0.15, 0.2) is 42.5 Å². The Labute approximate surface area is 166 Å². The summed E-state index contributed by atoms with van der Waals surface area (Å²) < 4.78 is 13.0. The van der Waals surface area contributed by atoms with E-state index in [0.717, 1.165) is 0 Å². The summed E-state index contributed by atoms with van der Waals surface area (Å²) in [5.74, 6) is -0.552. The number of halogens is 3. The minimum atomic E-state index is -0.383. The van der Waals surface area contributed by atoms with Crippen molar-refractivity contribution in [2.45, 2.75) is 6.42 Å². The van der Waals surface area contributed by atoms with Crippen molar-refractivity contribution in [3.8, 4) is 0 Å². The Kier molecular flexibility index (Phi) is 6.19. The van der Waals surface area contributed by atoms with Gasteiger partial charge in [0.25, 0.3) is 5.91 Å². The van der Waals surface area contributed by atoms with Crippen LogP contribution in [0.3, 0.4) is 0 Å². The molecule has 3 amide bonds. The third-order valence-corrected chi connectivity index (χ3v) is 4.88. The number of benzene rings is 2. The molecule has 0 unspecified atom stereocenters. The number of hydrogen-bond donors (Lipinski definition) is 1. The van der Waals surface area contributed by atoms with E-state index in [0.29, 0.717) is 53.9 Å². The molecule has 0 saturated carbocycles. The normalized spacial score (nSPS) is 14.6. The van der Waals surface area contributed by atoms with Gasteiger partial charge in [0.15, 0.2) is 0 Å². The number of nitrogens with zero attached hydrogens (tertiary/aromatic N) is 2. The van der Waals surface area contributed by atoms with Crippen LogP contribution in [-0.2, 0) is 0 Å². The molecule has 1 saturated heterocycles. The van der Waals surface area contributed by atoms with Crippen molar-refractivity contribution in [2.75, 3.05) is 31.5 Å². The molecule has 3 rings (SSSR count). The molecule has 1 aliphatic heterocycles. The summed E-state index contributed by atoms with van der Waals surface area (Å²) in [6.07, 6.45) is 0.648. The van der Waals surface area contributed by atoms with Crippen molar-refractivity contribution >= 4 is 40.8 Å². The topological polar surface area (TPSA) is 52.7 Å². The number of amides is 3. The third-order valence-electron chi connectivity index (χ3n) is 4.33. The number of urea groups is 1. The van der Waals surface area contributed by atoms with Gasteiger partial charge >= 0.3 is 6.03 Å². The van der Waals surface area contributed by atoms with Gasteiger partial charge in [0, 0.05) is 36.8 Å². The Hall–Kier alpha value is -2.31. The molecule has 1 aliphatic rings. The maximum Gasteiger partial charge on any atom is 0.321 e. The predicted octanol–water partition coefficient (Wildman–Crippen LogP) is 4.51. The fraction of sp³-hybridized carbons (Fsp3) is 0.263. The van der Waals surface area contributed by atoms with Gasteiger partial charge < -0.3 is 15.1 Å². The van der Waals surface area contributed by atoms with Gasteiger partial charge in [-0.1, -0.05) is 23.2 Å². The lowest BCUT2D eigenvalue weighted by Crippen LogP contribution is -2.39. The zero-order chi connectivity index (χ0) is 19.4. The lowest BCUT2D eigenvalue weighted by Gasteiger charge is -2.23. The quantitative estimate of drug-likeness (QED) is 0.792. The van der Waals surface area contributed by atoms with Gasteiger partial charge in [-0.15, -0.1) is 0 Å². The van der Waals surface area contributed by atoms with E-state index in [4.69, 9.17) is 23.2 Å². The largest absolute Gasteiger partial charge is 0.337 e. The molecule has 142 valence electrons. The van der Waals surface area contributed by atoms with Gasteiger partial charge in [0.1, 0.15) is 5.82 Å². The van der Waals surface area contributed by atoms with Crippen LogP contribution in [0.5, 0.6) is 0 Å². The highest BCUT2D eigenvalue weighted by molar-refractivity contribution is 6.36. The smallest absolute Gasteiger partial charge is 0.321 e. The van der Waals surface area contributed by atoms with Crippen LogP contribution in [-0.4, -0.2) is 47.9 Å². The van der Waals surface area contributed by atoms with E-state index in [1.165, 1.54) is 24.3 Å². The Morgan fingerprint density at radius 2 is 1.59 bits per heavy atom. The highest BCUT2D eigenvalue weighted by Gasteiger charge is 2.23. The molecule has 1 fully saturated rings. The van der Waals surface area contributed by atoms with Gasteiger partial charge in [-0.05, 0) is 48.9 Å². The van der Waals surface area contributed by atoms with Crippen molar-refractivity contribution in [3.63, 3.8) is 0 Å². The van der Waals surface area contributed by atoms with E-state index in [2.05, 4.69) is 5.32 Å². The fourth-order valence-electron chi connectivity index (χ4n) is 2.88. The van der Waals surface area contributed by atoms with Crippen LogP contribution in [0.2, 0.25) is 10.0 Å². The molecule has 0 spiro atoms. The van der Waals surface area contributed by atoms with Crippen molar-refractivity contribution in [1.82, 2.24) is 9.80 Å². The minimum Gasteiger partial charge on any atom is -0.337 e. The van der Waals surface area contributed by atoms with Gasteiger partial charge in [-0.2, -0.15) is 0 Å². The maximum atomic E-state index is 13.0. The van der Waals surface area contributed by atoms with Crippen molar-refractivity contribution in [3.05, 3.63) is 63.9 Å². The van der Waals surface area contributed by atoms with E-state index in [9.17, 15) is 14.0 Å². The van der Waals surface area contributed by atoms with Crippen LogP contribution < -0.4 is 5.32 Å². The summed E-state index contributed by atoms with van der Waals surface area (Å²) in [6.45, 7) is 1.84. The highest BCUT2D eigenvalue weighted by atomic mass is 35.5. The van der Waals surface area contributed by atoms with Crippen molar-refractivity contribution in [1.29, 1.82) is 0 Å². The first-order chi connectivity index (χ1) is 12.9. The van der Waals surface area contributed by atoms with E-state index < -0.39 is 0 Å². The van der Waals surface area contributed by atoms with Gasteiger partial charge in [0.2, 0.25) is 0 Å². The van der Waals surface area contributed by atoms with E-state index >= 15 is 0 Å². The van der Waals surface area contributed by atoms with E-state index in [1.54, 1.807) is 28.0 Å². The van der Waals surface area contributed by atoms with Gasteiger partial charge in [-0.3, -0.25) is 4.79 Å². The predicted molar refractivity (Wildman–Crippen MR) is 104 cm³/mol. The molecule has 8 heteroatoms. The lowest BCUT2D eigenvalue weighted by atomic mass is 10.2. The lowest BCUT2D eigenvalue weighted by molar-refractivity contribution is 0.0762. The number of anilines is 1. The first-order valence-corrected chi connectivity index (χ1v) is 9.25. The first-order valence-electron chi connectivity index (χ1n) is 8.50. The molecule has 27 heavy (non-hydrogen) atoms. The van der Waals surface area contributed by atoms with Gasteiger partial charge in [-0.25, -0.2) is 9.18 Å². The summed E-state index contributed by atoms with van der Waals surface area (Å²) in [5, 5.41) is 3.62. The number of nitrogens with one attached hydrogen (secondary N) is 1. The van der Waals surface area contributed by atoms with Crippen LogP contribution >= 0.6 is 23.2 Å². The van der Waals surface area contributed by atoms with Gasteiger partial charge in [0.05, 0.1) is 10.7 Å². The van der Waals surface area contributed by atoms with Crippen molar-refractivity contribution in [2.24, 2.45) is 0 Å². The first kappa shape index (κ1) is 19.5. The highest BCUT2D eigenvalue weighted by Crippen LogP contribution is 2.25. The van der Waals surface area contributed by atoms with Crippen LogP contribution in [0.4, 0.5) is 14.9 Å². The summed E-state index contributed by atoms with van der Waals surface area (Å²) >= 11 is 12.0. The average molecular weight is 410 g/mol. The molecule has 0 aliphatic carbocycles. The SMILES string of the molecule is O=C(Nc1ccc(Cl)cc1Cl)N1CCCN(C(=O)c2ccc(F)cc2)CC1. The second-order valence-corrected chi connectivity index (χ2v) is 7.04. The minimum absolute atomic E-state index is 0.169. The third kappa shape index (κ3) is 4.90. The Bertz CT molecular complexity index is 845. The molecule has 2 aromatic carbocycles. The second-order valence-electron chi connectivity index (χ2n) is 6.19. The van der Waals surface area contributed by atoms with E-state index in [-0.39, 0.29) is 17.8 Å². The summed E-state index contributed by atoms with van der Waals surface area (Å²) in [5.41, 5.74) is 0.914. The average Bonchev–Trinajstić information content (AvgIpc) is 2.90. The summed E-state index contributed by atoms with van der Waals surface area (Å²) in [6, 6.07) is 10.0. The number of rotatable bonds is 2. The molecular weight excluding hydrogens is 392 g/mol. The fourth-order valence-corrected chi connectivity index (χ4v) is 3.34. The zero-order valence-electron chi connectivity index (χ0n) is 14.4.